The van der Waals surface area contributed by atoms with Crippen molar-refractivity contribution in [2.45, 2.75) is 51.0 Å². The van der Waals surface area contributed by atoms with E-state index in [2.05, 4.69) is 9.80 Å². The molecule has 0 aromatic rings. The van der Waals surface area contributed by atoms with Crippen molar-refractivity contribution in [1.82, 2.24) is 9.80 Å². The van der Waals surface area contributed by atoms with Gasteiger partial charge in [0.05, 0.1) is 12.5 Å². The Labute approximate surface area is 122 Å². The van der Waals surface area contributed by atoms with Gasteiger partial charge in [0.2, 0.25) is 5.91 Å². The molecule has 1 aliphatic carbocycles. The van der Waals surface area contributed by atoms with Crippen molar-refractivity contribution in [3.05, 3.63) is 0 Å². The van der Waals surface area contributed by atoms with Crippen molar-refractivity contribution in [2.24, 2.45) is 5.92 Å². The molecule has 1 amide bonds. The Morgan fingerprint density at radius 3 is 2.50 bits per heavy atom. The summed E-state index contributed by atoms with van der Waals surface area (Å²) >= 11 is 0. The van der Waals surface area contributed by atoms with Crippen molar-refractivity contribution in [3.63, 3.8) is 0 Å². The number of nitrogens with zero attached hydrogens (tertiary/aromatic N) is 2. The zero-order valence-corrected chi connectivity index (χ0v) is 12.6. The average molecular weight is 280 g/mol. The standard InChI is InChI=1S/C16H28N2O2/c19-16(14-7-12-20-13-14)18-9-4-8-17(10-11-18)15-5-2-1-3-6-15/h14-15H,1-13H2/t14-/m1/s1. The van der Waals surface area contributed by atoms with Crippen molar-refractivity contribution in [2.75, 3.05) is 39.4 Å². The van der Waals surface area contributed by atoms with Gasteiger partial charge in [-0.2, -0.15) is 0 Å². The summed E-state index contributed by atoms with van der Waals surface area (Å²) in [6.07, 6.45) is 8.98. The van der Waals surface area contributed by atoms with Crippen molar-refractivity contribution in [3.8, 4) is 0 Å². The second-order valence-corrected chi connectivity index (χ2v) is 6.57. The highest BCUT2D eigenvalue weighted by Crippen LogP contribution is 2.24. The fourth-order valence-corrected chi connectivity index (χ4v) is 3.96. The fourth-order valence-electron chi connectivity index (χ4n) is 3.96. The Hall–Kier alpha value is -0.610. The van der Waals surface area contributed by atoms with Crippen LogP contribution < -0.4 is 0 Å². The van der Waals surface area contributed by atoms with Crippen LogP contribution in [0.2, 0.25) is 0 Å². The van der Waals surface area contributed by atoms with Gasteiger partial charge in [-0.3, -0.25) is 9.69 Å². The van der Waals surface area contributed by atoms with Gasteiger partial charge in [0.15, 0.2) is 0 Å². The second kappa shape index (κ2) is 6.90. The molecular formula is C16H28N2O2. The number of carbonyl (C=O) groups excluding carboxylic acids is 1. The summed E-state index contributed by atoms with van der Waals surface area (Å²) in [6, 6.07) is 0.786. The predicted molar refractivity (Wildman–Crippen MR) is 78.6 cm³/mol. The van der Waals surface area contributed by atoms with E-state index in [0.717, 1.165) is 45.1 Å². The van der Waals surface area contributed by atoms with E-state index >= 15 is 0 Å². The molecule has 0 radical (unpaired) electrons. The number of carbonyl (C=O) groups is 1. The summed E-state index contributed by atoms with van der Waals surface area (Å²) < 4.78 is 5.36. The lowest BCUT2D eigenvalue weighted by Gasteiger charge is -2.33. The normalized spacial score (nSPS) is 30.4. The Kier molecular flexibility index (Phi) is 4.94. The zero-order chi connectivity index (χ0) is 13.8. The molecule has 2 aliphatic heterocycles. The quantitative estimate of drug-likeness (QED) is 0.774. The van der Waals surface area contributed by atoms with Crippen LogP contribution in [0.3, 0.4) is 0 Å². The first-order valence-corrected chi connectivity index (χ1v) is 8.45. The van der Waals surface area contributed by atoms with Gasteiger partial charge < -0.3 is 9.64 Å². The molecule has 1 atom stereocenters. The Morgan fingerprint density at radius 2 is 1.75 bits per heavy atom. The molecule has 20 heavy (non-hydrogen) atoms. The van der Waals surface area contributed by atoms with E-state index in [1.807, 2.05) is 0 Å². The largest absolute Gasteiger partial charge is 0.381 e. The molecule has 3 rings (SSSR count). The maximum Gasteiger partial charge on any atom is 0.228 e. The lowest BCUT2D eigenvalue weighted by molar-refractivity contribution is -0.135. The lowest BCUT2D eigenvalue weighted by Crippen LogP contribution is -2.41. The van der Waals surface area contributed by atoms with Crippen LogP contribution in [0.4, 0.5) is 0 Å². The number of ether oxygens (including phenoxy) is 1. The predicted octanol–water partition coefficient (Wildman–Crippen LogP) is 1.89. The van der Waals surface area contributed by atoms with Gasteiger partial charge in [0, 0.05) is 38.8 Å². The first-order valence-electron chi connectivity index (χ1n) is 8.45. The molecule has 0 aromatic carbocycles. The molecule has 4 heteroatoms. The average Bonchev–Trinajstić information content (AvgIpc) is 2.92. The van der Waals surface area contributed by atoms with Gasteiger partial charge in [0.1, 0.15) is 0 Å². The maximum atomic E-state index is 12.5. The highest BCUT2D eigenvalue weighted by atomic mass is 16.5. The summed E-state index contributed by atoms with van der Waals surface area (Å²) in [5.41, 5.74) is 0. The molecule has 2 heterocycles. The van der Waals surface area contributed by atoms with E-state index in [1.165, 1.54) is 38.6 Å². The Bertz CT molecular complexity index is 322. The number of hydrogen-bond acceptors (Lipinski definition) is 3. The second-order valence-electron chi connectivity index (χ2n) is 6.57. The number of rotatable bonds is 2. The first-order chi connectivity index (χ1) is 9.84. The van der Waals surface area contributed by atoms with E-state index in [-0.39, 0.29) is 5.92 Å². The van der Waals surface area contributed by atoms with Gasteiger partial charge >= 0.3 is 0 Å². The van der Waals surface area contributed by atoms with Crippen LogP contribution in [0.5, 0.6) is 0 Å². The molecule has 2 saturated heterocycles. The zero-order valence-electron chi connectivity index (χ0n) is 12.6. The monoisotopic (exact) mass is 280 g/mol. The van der Waals surface area contributed by atoms with Crippen molar-refractivity contribution < 1.29 is 9.53 Å². The van der Waals surface area contributed by atoms with E-state index in [4.69, 9.17) is 4.74 Å². The van der Waals surface area contributed by atoms with Crippen molar-refractivity contribution in [1.29, 1.82) is 0 Å². The molecule has 0 N–H and O–H groups in total. The van der Waals surface area contributed by atoms with Gasteiger partial charge in [-0.25, -0.2) is 0 Å². The minimum absolute atomic E-state index is 0.135. The maximum absolute atomic E-state index is 12.5. The molecule has 3 aliphatic rings. The summed E-state index contributed by atoms with van der Waals surface area (Å²) in [6.45, 7) is 5.52. The fraction of sp³-hybridized carbons (Fsp3) is 0.938. The molecule has 0 spiro atoms. The first kappa shape index (κ1) is 14.3. The highest BCUT2D eigenvalue weighted by molar-refractivity contribution is 5.79. The highest BCUT2D eigenvalue weighted by Gasteiger charge is 2.30. The molecule has 114 valence electrons. The number of hydrogen-bond donors (Lipinski definition) is 0. The third kappa shape index (κ3) is 3.34. The van der Waals surface area contributed by atoms with Crippen LogP contribution in [0.25, 0.3) is 0 Å². The van der Waals surface area contributed by atoms with Gasteiger partial charge in [0.25, 0.3) is 0 Å². The van der Waals surface area contributed by atoms with Crippen LogP contribution >= 0.6 is 0 Å². The minimum atomic E-state index is 0.135. The smallest absolute Gasteiger partial charge is 0.228 e. The van der Waals surface area contributed by atoms with Gasteiger partial charge in [-0.15, -0.1) is 0 Å². The summed E-state index contributed by atoms with van der Waals surface area (Å²) in [5, 5.41) is 0. The van der Waals surface area contributed by atoms with Crippen molar-refractivity contribution >= 4 is 5.91 Å². The molecular weight excluding hydrogens is 252 g/mol. The Balaban J connectivity index is 1.52. The summed E-state index contributed by atoms with van der Waals surface area (Å²) in [7, 11) is 0. The van der Waals surface area contributed by atoms with Crippen LogP contribution in [0.15, 0.2) is 0 Å². The van der Waals surface area contributed by atoms with Crippen LogP contribution in [0, 0.1) is 5.92 Å². The van der Waals surface area contributed by atoms with Gasteiger partial charge in [-0.05, 0) is 25.7 Å². The van der Waals surface area contributed by atoms with Crippen LogP contribution in [-0.2, 0) is 9.53 Å². The minimum Gasteiger partial charge on any atom is -0.381 e. The summed E-state index contributed by atoms with van der Waals surface area (Å²) in [4.78, 5) is 17.2. The SMILES string of the molecule is O=C([C@@H]1CCOC1)N1CCCN(C2CCCCC2)CC1. The van der Waals surface area contributed by atoms with E-state index in [0.29, 0.717) is 12.5 Å². The van der Waals surface area contributed by atoms with E-state index in [1.54, 1.807) is 0 Å². The van der Waals surface area contributed by atoms with E-state index < -0.39 is 0 Å². The van der Waals surface area contributed by atoms with Gasteiger partial charge in [-0.1, -0.05) is 19.3 Å². The molecule has 0 bridgehead atoms. The van der Waals surface area contributed by atoms with E-state index in [9.17, 15) is 4.79 Å². The molecule has 3 fully saturated rings. The summed E-state index contributed by atoms with van der Waals surface area (Å²) in [5.74, 6) is 0.476. The molecule has 0 unspecified atom stereocenters. The topological polar surface area (TPSA) is 32.8 Å². The molecule has 0 aromatic heterocycles. The van der Waals surface area contributed by atoms with Crippen LogP contribution in [0.1, 0.15) is 44.9 Å². The van der Waals surface area contributed by atoms with Crippen LogP contribution in [-0.4, -0.2) is 61.1 Å². The number of amides is 1. The third-order valence-corrected chi connectivity index (χ3v) is 5.21. The Morgan fingerprint density at radius 1 is 0.900 bits per heavy atom. The third-order valence-electron chi connectivity index (χ3n) is 5.21. The molecule has 4 nitrogen and oxygen atoms in total. The lowest BCUT2D eigenvalue weighted by atomic mass is 9.94. The molecule has 1 saturated carbocycles.